The number of benzene rings is 3. The lowest BCUT2D eigenvalue weighted by Crippen LogP contribution is -1.99. The second-order valence-electron chi connectivity index (χ2n) is 7.98. The SMILES string of the molecule is CCc1cc(-c2c3ccc(C)cc3cc3cc(C)ccc23)cc(C(C)C)n1. The lowest BCUT2D eigenvalue weighted by atomic mass is 9.90. The number of rotatable bonds is 3. The van der Waals surface area contributed by atoms with E-state index in [9.17, 15) is 0 Å². The van der Waals surface area contributed by atoms with Crippen LogP contribution < -0.4 is 0 Å². The average Bonchev–Trinajstić information content (AvgIpc) is 2.65. The molecule has 1 nitrogen and oxygen atoms in total. The zero-order valence-electron chi connectivity index (χ0n) is 16.9. The van der Waals surface area contributed by atoms with Gasteiger partial charge in [0.1, 0.15) is 0 Å². The largest absolute Gasteiger partial charge is 0.258 e. The Kier molecular flexibility index (Phi) is 4.47. The van der Waals surface area contributed by atoms with Crippen molar-refractivity contribution < 1.29 is 0 Å². The van der Waals surface area contributed by atoms with Crippen LogP contribution in [-0.4, -0.2) is 4.98 Å². The summed E-state index contributed by atoms with van der Waals surface area (Å²) in [7, 11) is 0. The van der Waals surface area contributed by atoms with E-state index in [0.717, 1.165) is 6.42 Å². The maximum Gasteiger partial charge on any atom is 0.0438 e. The van der Waals surface area contributed by atoms with Gasteiger partial charge >= 0.3 is 0 Å². The first-order chi connectivity index (χ1) is 13.0. The zero-order valence-corrected chi connectivity index (χ0v) is 16.9. The summed E-state index contributed by atoms with van der Waals surface area (Å²) in [5, 5.41) is 5.26. The van der Waals surface area contributed by atoms with Crippen molar-refractivity contribution in [3.05, 3.63) is 77.1 Å². The molecule has 0 unspecified atom stereocenters. The van der Waals surface area contributed by atoms with Crippen LogP contribution in [0.1, 0.15) is 49.2 Å². The first-order valence-electron chi connectivity index (χ1n) is 9.91. The normalized spacial score (nSPS) is 11.6. The van der Waals surface area contributed by atoms with E-state index in [0.29, 0.717) is 5.92 Å². The summed E-state index contributed by atoms with van der Waals surface area (Å²) in [5.41, 5.74) is 7.56. The monoisotopic (exact) mass is 353 g/mol. The molecule has 0 aliphatic heterocycles. The molecule has 3 aromatic carbocycles. The molecule has 0 atom stereocenters. The van der Waals surface area contributed by atoms with Gasteiger partial charge in [0.05, 0.1) is 0 Å². The summed E-state index contributed by atoms with van der Waals surface area (Å²) in [6, 6.07) is 20.5. The second-order valence-corrected chi connectivity index (χ2v) is 7.98. The minimum atomic E-state index is 0.418. The Morgan fingerprint density at radius 3 is 1.89 bits per heavy atom. The number of aryl methyl sites for hydroxylation is 3. The van der Waals surface area contributed by atoms with Crippen molar-refractivity contribution in [1.82, 2.24) is 4.98 Å². The van der Waals surface area contributed by atoms with Crippen LogP contribution in [-0.2, 0) is 6.42 Å². The Bertz CT molecular complexity index is 1090. The number of pyridine rings is 1. The van der Waals surface area contributed by atoms with Crippen molar-refractivity contribution in [3.63, 3.8) is 0 Å². The molecule has 0 radical (unpaired) electrons. The zero-order chi connectivity index (χ0) is 19.1. The van der Waals surface area contributed by atoms with Gasteiger partial charge in [0.25, 0.3) is 0 Å². The van der Waals surface area contributed by atoms with Crippen molar-refractivity contribution in [3.8, 4) is 11.1 Å². The lowest BCUT2D eigenvalue weighted by molar-refractivity contribution is 0.808. The summed E-state index contributed by atoms with van der Waals surface area (Å²) < 4.78 is 0. The number of fused-ring (bicyclic) bond motifs is 2. The summed E-state index contributed by atoms with van der Waals surface area (Å²) >= 11 is 0. The predicted octanol–water partition coefficient (Wildman–Crippen LogP) is 7.36. The van der Waals surface area contributed by atoms with Crippen LogP contribution in [0.25, 0.3) is 32.7 Å². The van der Waals surface area contributed by atoms with Gasteiger partial charge in [0.15, 0.2) is 0 Å². The molecule has 0 saturated heterocycles. The summed E-state index contributed by atoms with van der Waals surface area (Å²) in [6.07, 6.45) is 0.953. The standard InChI is InChI=1S/C26H27N/c1-6-22-14-21(15-25(27-22)16(2)3)26-23-9-7-17(4)11-19(23)13-20-12-18(5)8-10-24(20)26/h7-16H,6H2,1-5H3. The van der Waals surface area contributed by atoms with Crippen LogP contribution in [0.15, 0.2) is 54.6 Å². The molecule has 1 heterocycles. The Balaban J connectivity index is 2.15. The molecule has 0 amide bonds. The van der Waals surface area contributed by atoms with Gasteiger partial charge in [0.2, 0.25) is 0 Å². The summed E-state index contributed by atoms with van der Waals surface area (Å²) in [4.78, 5) is 4.87. The molecule has 0 spiro atoms. The molecule has 27 heavy (non-hydrogen) atoms. The molecule has 0 fully saturated rings. The molecule has 0 bridgehead atoms. The molecule has 1 aromatic heterocycles. The fraction of sp³-hybridized carbons (Fsp3) is 0.269. The fourth-order valence-corrected chi connectivity index (χ4v) is 3.91. The highest BCUT2D eigenvalue weighted by Gasteiger charge is 2.14. The summed E-state index contributed by atoms with van der Waals surface area (Å²) in [5.74, 6) is 0.418. The van der Waals surface area contributed by atoms with Crippen molar-refractivity contribution >= 4 is 21.5 Å². The van der Waals surface area contributed by atoms with E-state index in [1.807, 2.05) is 0 Å². The van der Waals surface area contributed by atoms with Crippen LogP contribution in [0, 0.1) is 13.8 Å². The number of aromatic nitrogens is 1. The fourth-order valence-electron chi connectivity index (χ4n) is 3.91. The van der Waals surface area contributed by atoms with Crippen molar-refractivity contribution in [2.75, 3.05) is 0 Å². The van der Waals surface area contributed by atoms with E-state index < -0.39 is 0 Å². The van der Waals surface area contributed by atoms with Gasteiger partial charge in [0, 0.05) is 11.4 Å². The third-order valence-electron chi connectivity index (χ3n) is 5.40. The first-order valence-corrected chi connectivity index (χ1v) is 9.91. The molecular weight excluding hydrogens is 326 g/mol. The quantitative estimate of drug-likeness (QED) is 0.351. The third-order valence-corrected chi connectivity index (χ3v) is 5.40. The molecule has 136 valence electrons. The van der Waals surface area contributed by atoms with Gasteiger partial charge in [-0.3, -0.25) is 4.98 Å². The number of hydrogen-bond donors (Lipinski definition) is 0. The smallest absolute Gasteiger partial charge is 0.0438 e. The first kappa shape index (κ1) is 17.7. The highest BCUT2D eigenvalue weighted by molar-refractivity contribution is 6.12. The number of hydrogen-bond acceptors (Lipinski definition) is 1. The van der Waals surface area contributed by atoms with Crippen molar-refractivity contribution in [2.24, 2.45) is 0 Å². The molecule has 4 rings (SSSR count). The molecule has 4 aromatic rings. The molecule has 0 aliphatic carbocycles. The molecule has 0 saturated carbocycles. The Morgan fingerprint density at radius 1 is 0.778 bits per heavy atom. The van der Waals surface area contributed by atoms with Crippen LogP contribution >= 0.6 is 0 Å². The molecular formula is C26H27N. The Labute approximate surface area is 162 Å². The Morgan fingerprint density at radius 2 is 1.37 bits per heavy atom. The van der Waals surface area contributed by atoms with Crippen LogP contribution in [0.2, 0.25) is 0 Å². The van der Waals surface area contributed by atoms with E-state index >= 15 is 0 Å². The van der Waals surface area contributed by atoms with E-state index in [1.54, 1.807) is 0 Å². The minimum absolute atomic E-state index is 0.418. The topological polar surface area (TPSA) is 12.9 Å². The van der Waals surface area contributed by atoms with E-state index in [4.69, 9.17) is 4.98 Å². The Hall–Kier alpha value is -2.67. The van der Waals surface area contributed by atoms with Crippen LogP contribution in [0.4, 0.5) is 0 Å². The molecule has 1 heteroatoms. The van der Waals surface area contributed by atoms with Crippen LogP contribution in [0.3, 0.4) is 0 Å². The van der Waals surface area contributed by atoms with E-state index in [1.165, 1.54) is 55.2 Å². The van der Waals surface area contributed by atoms with E-state index in [-0.39, 0.29) is 0 Å². The van der Waals surface area contributed by atoms with Gasteiger partial charge in [-0.25, -0.2) is 0 Å². The van der Waals surface area contributed by atoms with Crippen molar-refractivity contribution in [2.45, 2.75) is 47.0 Å². The number of nitrogens with zero attached hydrogens (tertiary/aromatic N) is 1. The second kappa shape index (κ2) is 6.81. The van der Waals surface area contributed by atoms with Gasteiger partial charge in [-0.05, 0) is 77.1 Å². The van der Waals surface area contributed by atoms with Gasteiger partial charge < -0.3 is 0 Å². The highest BCUT2D eigenvalue weighted by atomic mass is 14.7. The molecule has 0 N–H and O–H groups in total. The lowest BCUT2D eigenvalue weighted by Gasteiger charge is -2.16. The van der Waals surface area contributed by atoms with Gasteiger partial charge in [-0.15, -0.1) is 0 Å². The minimum Gasteiger partial charge on any atom is -0.258 e. The van der Waals surface area contributed by atoms with Gasteiger partial charge in [-0.2, -0.15) is 0 Å². The average molecular weight is 354 g/mol. The van der Waals surface area contributed by atoms with Crippen molar-refractivity contribution in [1.29, 1.82) is 0 Å². The van der Waals surface area contributed by atoms with Crippen LogP contribution in [0.5, 0.6) is 0 Å². The maximum atomic E-state index is 4.87. The van der Waals surface area contributed by atoms with Gasteiger partial charge in [-0.1, -0.05) is 68.3 Å². The maximum absolute atomic E-state index is 4.87. The summed E-state index contributed by atoms with van der Waals surface area (Å²) in [6.45, 7) is 11.0. The highest BCUT2D eigenvalue weighted by Crippen LogP contribution is 2.38. The molecule has 0 aliphatic rings. The predicted molar refractivity (Wildman–Crippen MR) is 118 cm³/mol. The third kappa shape index (κ3) is 3.23. The van der Waals surface area contributed by atoms with E-state index in [2.05, 4.69) is 89.2 Å².